The molecular weight excluding hydrogens is 241 g/mol. The van der Waals surface area contributed by atoms with Gasteiger partial charge in [-0.15, -0.1) is 12.5 Å². The molecule has 0 heterocycles. The fourth-order valence-electron chi connectivity index (χ4n) is 1.01. The Morgan fingerprint density at radius 2 is 1.69 bits per heavy atom. The van der Waals surface area contributed by atoms with Crippen LogP contribution in [0.1, 0.15) is 0 Å². The zero-order valence-corrected chi connectivity index (χ0v) is 9.14. The second-order valence-corrected chi connectivity index (χ2v) is 4.37. The molecular formula is C8H12N3NaO3S. The van der Waals surface area contributed by atoms with Crippen molar-refractivity contribution in [2.45, 2.75) is 0 Å². The summed E-state index contributed by atoms with van der Waals surface area (Å²) in [7, 11) is -0.958. The van der Waals surface area contributed by atoms with Crippen molar-refractivity contribution in [2.75, 3.05) is 19.0 Å². The third-order valence-corrected chi connectivity index (χ3v) is 2.45. The van der Waals surface area contributed by atoms with Crippen LogP contribution in [0.2, 0.25) is 0 Å². The molecule has 0 saturated carbocycles. The van der Waals surface area contributed by atoms with E-state index >= 15 is 0 Å². The van der Waals surface area contributed by atoms with E-state index in [1.54, 1.807) is 12.1 Å². The van der Waals surface area contributed by atoms with Gasteiger partial charge in [-0.05, 0) is 12.1 Å². The summed E-state index contributed by atoms with van der Waals surface area (Å²) in [5.41, 5.74) is 9.89. The molecule has 0 bridgehead atoms. The monoisotopic (exact) mass is 253 g/mol. The molecule has 16 heavy (non-hydrogen) atoms. The van der Waals surface area contributed by atoms with Crippen molar-refractivity contribution < 1.29 is 17.1 Å². The van der Waals surface area contributed by atoms with Crippen LogP contribution in [0.5, 0.6) is 0 Å². The van der Waals surface area contributed by atoms with Gasteiger partial charge < -0.3 is 10.4 Å². The maximum atomic E-state index is 10.6. The van der Waals surface area contributed by atoms with Crippen LogP contribution in [-0.4, -0.2) is 60.7 Å². The molecule has 0 amide bonds. The maximum absolute atomic E-state index is 10.6. The summed E-state index contributed by atoms with van der Waals surface area (Å²) >= 11 is 0. The van der Waals surface area contributed by atoms with Gasteiger partial charge in [0.15, 0.2) is 0 Å². The van der Waals surface area contributed by atoms with E-state index in [0.717, 1.165) is 5.69 Å². The van der Waals surface area contributed by atoms with Crippen LogP contribution in [0.25, 0.3) is 5.53 Å². The van der Waals surface area contributed by atoms with Gasteiger partial charge in [0.2, 0.25) is 5.69 Å². The standard InChI is InChI=1S/C8H11N3O3S.Na.H/c1-10(2)7-3-5-8(6-4-7)11(9)15(12,13)14;;/h3-6H,1-2H3,(H,12,13,14);;. The quantitative estimate of drug-likeness (QED) is 0.369. The number of hydrogen-bond acceptors (Lipinski definition) is 3. The molecule has 0 atom stereocenters. The summed E-state index contributed by atoms with van der Waals surface area (Å²) in [6.45, 7) is 0. The molecule has 1 aromatic carbocycles. The first-order valence-corrected chi connectivity index (χ1v) is 5.46. The molecule has 0 aliphatic carbocycles. The van der Waals surface area contributed by atoms with Crippen LogP contribution < -0.4 is 4.90 Å². The number of rotatable bonds is 3. The van der Waals surface area contributed by atoms with E-state index in [4.69, 9.17) is 10.1 Å². The van der Waals surface area contributed by atoms with Gasteiger partial charge in [0, 0.05) is 31.9 Å². The summed E-state index contributed by atoms with van der Waals surface area (Å²) in [6.07, 6.45) is 0. The molecule has 1 aromatic rings. The average Bonchev–Trinajstić information content (AvgIpc) is 2.15. The summed E-state index contributed by atoms with van der Waals surface area (Å²) < 4.78 is 29.5. The van der Waals surface area contributed by atoms with E-state index in [1.165, 1.54) is 12.1 Å². The Hall–Kier alpha value is -0.470. The van der Waals surface area contributed by atoms with Gasteiger partial charge in [0.25, 0.3) is 0 Å². The van der Waals surface area contributed by atoms with Crippen LogP contribution in [0.3, 0.4) is 0 Å². The normalized spacial score (nSPS) is 10.4. The van der Waals surface area contributed by atoms with Gasteiger partial charge in [-0.2, -0.15) is 0 Å². The molecule has 8 heteroatoms. The summed E-state index contributed by atoms with van der Waals surface area (Å²) in [5, 5.41) is 0. The molecule has 1 rings (SSSR count). The predicted molar refractivity (Wildman–Crippen MR) is 62.7 cm³/mol. The molecule has 84 valence electrons. The van der Waals surface area contributed by atoms with Crippen molar-refractivity contribution in [3.8, 4) is 0 Å². The fraction of sp³-hybridized carbons (Fsp3) is 0.250. The van der Waals surface area contributed by atoms with Crippen LogP contribution in [0.4, 0.5) is 11.4 Å². The van der Waals surface area contributed by atoms with E-state index in [0.29, 0.717) is 0 Å². The Labute approximate surface area is 117 Å². The Morgan fingerprint density at radius 1 is 1.25 bits per heavy atom. The number of hydrogen-bond donors (Lipinski definition) is 1. The molecule has 0 aliphatic heterocycles. The van der Waals surface area contributed by atoms with Crippen molar-refractivity contribution >= 4 is 51.2 Å². The first kappa shape index (κ1) is 15.5. The summed E-state index contributed by atoms with van der Waals surface area (Å²) in [4.78, 5) is 1.82. The number of nitrogens with zero attached hydrogens (tertiary/aromatic N) is 3. The Balaban J connectivity index is 0.00000225. The van der Waals surface area contributed by atoms with Gasteiger partial charge in [-0.25, -0.2) is 4.55 Å². The Bertz CT molecular complexity index is 470. The second-order valence-electron chi connectivity index (χ2n) is 3.13. The van der Waals surface area contributed by atoms with Crippen molar-refractivity contribution in [3.63, 3.8) is 0 Å². The van der Waals surface area contributed by atoms with Gasteiger partial charge in [0.1, 0.15) is 0 Å². The zero-order chi connectivity index (χ0) is 11.6. The minimum atomic E-state index is -4.61. The number of benzene rings is 1. The van der Waals surface area contributed by atoms with Gasteiger partial charge in [-0.3, -0.25) is 0 Å². The van der Waals surface area contributed by atoms with Crippen LogP contribution in [-0.2, 0) is 10.3 Å². The zero-order valence-electron chi connectivity index (χ0n) is 8.32. The molecule has 6 nitrogen and oxygen atoms in total. The Kier molecular flexibility index (Phi) is 5.57. The second kappa shape index (κ2) is 5.74. The Morgan fingerprint density at radius 3 is 2.00 bits per heavy atom. The van der Waals surface area contributed by atoms with Crippen molar-refractivity contribution in [1.82, 2.24) is 0 Å². The van der Waals surface area contributed by atoms with Crippen molar-refractivity contribution in [3.05, 3.63) is 29.8 Å². The topological polar surface area (TPSA) is 82.9 Å². The van der Waals surface area contributed by atoms with Crippen LogP contribution >= 0.6 is 0 Å². The molecule has 0 saturated heterocycles. The molecule has 0 aromatic heterocycles. The van der Waals surface area contributed by atoms with E-state index in [1.807, 2.05) is 19.0 Å². The third-order valence-electron chi connectivity index (χ3n) is 1.81. The van der Waals surface area contributed by atoms with Crippen LogP contribution in [0.15, 0.2) is 24.3 Å². The van der Waals surface area contributed by atoms with E-state index < -0.39 is 10.3 Å². The van der Waals surface area contributed by atoms with E-state index in [2.05, 4.69) is 0 Å². The predicted octanol–water partition coefficient (Wildman–Crippen LogP) is 0.573. The molecule has 0 spiro atoms. The average molecular weight is 253 g/mol. The van der Waals surface area contributed by atoms with Crippen molar-refractivity contribution in [2.24, 2.45) is 0 Å². The van der Waals surface area contributed by atoms with E-state index in [-0.39, 0.29) is 39.3 Å². The van der Waals surface area contributed by atoms with Crippen molar-refractivity contribution in [1.29, 1.82) is 0 Å². The first-order chi connectivity index (χ1) is 6.82. The summed E-state index contributed by atoms with van der Waals surface area (Å²) in [5.74, 6) is 0. The molecule has 0 unspecified atom stereocenters. The van der Waals surface area contributed by atoms with Gasteiger partial charge in [0.05, 0.1) is 0 Å². The number of anilines is 1. The fourth-order valence-corrected chi connectivity index (χ4v) is 1.40. The van der Waals surface area contributed by atoms with Crippen LogP contribution in [0, 0.1) is 0 Å². The molecule has 1 N–H and O–H groups in total. The molecule has 0 aliphatic rings. The van der Waals surface area contributed by atoms with Gasteiger partial charge >= 0.3 is 39.9 Å². The first-order valence-electron chi connectivity index (χ1n) is 4.06. The third kappa shape index (κ3) is 3.84. The van der Waals surface area contributed by atoms with E-state index in [9.17, 15) is 8.42 Å². The minimum absolute atomic E-state index is 0. The summed E-state index contributed by atoms with van der Waals surface area (Å²) in [6, 6.07) is 5.99. The SMILES string of the molecule is CN(C)c1ccc([N+](=[N-])S(=O)(=O)O)cc1.[NaH]. The van der Waals surface area contributed by atoms with Gasteiger partial charge in [-0.1, -0.05) is 0 Å². The molecule has 0 radical (unpaired) electrons. The molecule has 0 fully saturated rings.